The summed E-state index contributed by atoms with van der Waals surface area (Å²) in [5, 5.41) is 18.5. The fourth-order valence-electron chi connectivity index (χ4n) is 7.02. The largest absolute Gasteiger partial charge is 0.496 e. The Morgan fingerprint density at radius 3 is 2.57 bits per heavy atom. The van der Waals surface area contributed by atoms with Gasteiger partial charge in [-0.05, 0) is 63.6 Å². The summed E-state index contributed by atoms with van der Waals surface area (Å²) in [5.41, 5.74) is 0.983. The maximum atomic E-state index is 13.9. The molecule has 47 heavy (non-hydrogen) atoms. The number of methoxy groups -OCH3 is 1. The van der Waals surface area contributed by atoms with Gasteiger partial charge in [0.05, 0.1) is 30.2 Å². The highest BCUT2D eigenvalue weighted by atomic mass is 16.5. The fourth-order valence-corrected chi connectivity index (χ4v) is 7.02. The Morgan fingerprint density at radius 2 is 1.87 bits per heavy atom. The number of aliphatic carboxylic acids is 1. The topological polar surface area (TPSA) is 136 Å². The molecule has 2 fully saturated rings. The van der Waals surface area contributed by atoms with E-state index >= 15 is 0 Å². The van der Waals surface area contributed by atoms with Crippen LogP contribution in [-0.2, 0) is 19.8 Å². The lowest BCUT2D eigenvalue weighted by atomic mass is 9.93. The van der Waals surface area contributed by atoms with E-state index in [-0.39, 0.29) is 23.7 Å². The van der Waals surface area contributed by atoms with Gasteiger partial charge in [-0.1, -0.05) is 32.9 Å². The summed E-state index contributed by atoms with van der Waals surface area (Å²) in [6, 6.07) is 7.61. The fraction of sp³-hybridized carbons (Fsp3) is 0.528. The van der Waals surface area contributed by atoms with E-state index in [4.69, 9.17) is 19.6 Å². The number of pyridine rings is 1. The summed E-state index contributed by atoms with van der Waals surface area (Å²) in [5.74, 6) is -1.38. The molecule has 1 aliphatic heterocycles. The number of carboxylic acid groups (broad SMARTS) is 1. The molecule has 2 saturated carbocycles. The van der Waals surface area contributed by atoms with E-state index in [0.717, 1.165) is 35.9 Å². The molecule has 5 unspecified atom stereocenters. The van der Waals surface area contributed by atoms with Crippen LogP contribution in [0.5, 0.6) is 11.5 Å². The van der Waals surface area contributed by atoms with Crippen molar-refractivity contribution in [1.82, 2.24) is 25.0 Å². The van der Waals surface area contributed by atoms with E-state index in [1.807, 2.05) is 49.5 Å². The van der Waals surface area contributed by atoms with Gasteiger partial charge in [0.25, 0.3) is 0 Å². The average molecular weight is 644 g/mol. The van der Waals surface area contributed by atoms with Crippen LogP contribution in [0.15, 0.2) is 42.6 Å². The monoisotopic (exact) mass is 643 g/mol. The van der Waals surface area contributed by atoms with Gasteiger partial charge in [0.2, 0.25) is 11.8 Å². The molecule has 2 aromatic heterocycles. The van der Waals surface area contributed by atoms with Crippen LogP contribution in [0.4, 0.5) is 0 Å². The zero-order chi connectivity index (χ0) is 33.7. The predicted molar refractivity (Wildman–Crippen MR) is 177 cm³/mol. The van der Waals surface area contributed by atoms with Crippen LogP contribution in [0.3, 0.4) is 0 Å². The number of fused-ring (bicyclic) bond motifs is 3. The Bertz CT molecular complexity index is 1740. The van der Waals surface area contributed by atoms with Gasteiger partial charge in [-0.25, -0.2) is 14.5 Å². The van der Waals surface area contributed by atoms with Crippen molar-refractivity contribution in [1.29, 1.82) is 0 Å². The Kier molecular flexibility index (Phi) is 8.52. The number of ether oxygens (including phenoxy) is 2. The van der Waals surface area contributed by atoms with Crippen LogP contribution < -0.4 is 14.8 Å². The van der Waals surface area contributed by atoms with Crippen LogP contribution in [-0.4, -0.2) is 74.9 Å². The number of aromatic nitrogens is 3. The molecule has 3 aromatic rings. The molecule has 2 N–H and O–H groups in total. The first kappa shape index (κ1) is 32.5. The van der Waals surface area contributed by atoms with Gasteiger partial charge in [0.15, 0.2) is 5.82 Å². The van der Waals surface area contributed by atoms with E-state index in [1.54, 1.807) is 23.7 Å². The molecule has 0 saturated heterocycles. The summed E-state index contributed by atoms with van der Waals surface area (Å²) < 4.78 is 14.1. The number of allylic oxidation sites excluding steroid dienone is 1. The molecular weight excluding hydrogens is 598 g/mol. The van der Waals surface area contributed by atoms with Gasteiger partial charge < -0.3 is 24.8 Å². The standard InChI is InChI=1S/C36H45N5O6/c1-21-27(46-6)13-12-24-28(19-30(37-31(21)24)41-16-14-29(39-41)35(2,3)4)47-23-17-25-26(18-23)33(43)40(5)15-10-8-7-9-11-22-20-36(22,34(44)45)38-32(25)42/h9,11-14,16,19,22-23,25-26H,7-8,10,15,17-18,20H2,1-6H3,(H,38,42)(H,44,45). The van der Waals surface area contributed by atoms with Crippen LogP contribution in [0.2, 0.25) is 0 Å². The zero-order valence-electron chi connectivity index (χ0n) is 28.1. The van der Waals surface area contributed by atoms with Crippen molar-refractivity contribution in [3.8, 4) is 17.3 Å². The maximum Gasteiger partial charge on any atom is 0.330 e. The van der Waals surface area contributed by atoms with E-state index in [0.29, 0.717) is 42.2 Å². The number of carboxylic acids is 1. The van der Waals surface area contributed by atoms with Gasteiger partial charge in [-0.3, -0.25) is 9.59 Å². The molecule has 3 aliphatic rings. The maximum absolute atomic E-state index is 13.9. The summed E-state index contributed by atoms with van der Waals surface area (Å²) in [6.07, 6.45) is 8.78. The van der Waals surface area contributed by atoms with Gasteiger partial charge in [-0.2, -0.15) is 5.10 Å². The lowest BCUT2D eigenvalue weighted by molar-refractivity contribution is -0.145. The van der Waals surface area contributed by atoms with Gasteiger partial charge >= 0.3 is 5.97 Å². The molecule has 2 amide bonds. The average Bonchev–Trinajstić information content (AvgIpc) is 3.33. The van der Waals surface area contributed by atoms with E-state index in [1.165, 1.54) is 0 Å². The molecule has 0 spiro atoms. The third-order valence-electron chi connectivity index (χ3n) is 10.0. The van der Waals surface area contributed by atoms with E-state index in [2.05, 4.69) is 26.1 Å². The summed E-state index contributed by atoms with van der Waals surface area (Å²) in [7, 11) is 3.40. The molecule has 11 heteroatoms. The summed E-state index contributed by atoms with van der Waals surface area (Å²) in [6.45, 7) is 8.84. The lowest BCUT2D eigenvalue weighted by Gasteiger charge is -2.26. The first-order chi connectivity index (χ1) is 22.3. The molecule has 1 aromatic carbocycles. The highest BCUT2D eigenvalue weighted by molar-refractivity contribution is 5.94. The number of nitrogens with zero attached hydrogens (tertiary/aromatic N) is 4. The van der Waals surface area contributed by atoms with Crippen molar-refractivity contribution in [2.24, 2.45) is 17.8 Å². The number of rotatable bonds is 5. The molecule has 250 valence electrons. The molecule has 2 aliphatic carbocycles. The first-order valence-electron chi connectivity index (χ1n) is 16.5. The van der Waals surface area contributed by atoms with Crippen molar-refractivity contribution in [3.63, 3.8) is 0 Å². The number of carbonyl (C=O) groups is 3. The number of aryl methyl sites for hydroxylation is 1. The predicted octanol–water partition coefficient (Wildman–Crippen LogP) is 4.97. The Labute approximate surface area is 275 Å². The van der Waals surface area contributed by atoms with Crippen LogP contribution in [0.1, 0.15) is 70.6 Å². The summed E-state index contributed by atoms with van der Waals surface area (Å²) >= 11 is 0. The SMILES string of the molecule is COc1ccc2c(OC3CC4C(=O)NC5(C(=O)O)CC5C=CCCCCN(C)C(=O)C4C3)cc(-n3ccc(C(C)(C)C)n3)nc2c1C. The Balaban J connectivity index is 1.35. The van der Waals surface area contributed by atoms with Crippen LogP contribution in [0, 0.1) is 24.7 Å². The minimum atomic E-state index is -1.33. The number of hydrogen-bond donors (Lipinski definition) is 2. The van der Waals surface area contributed by atoms with Crippen LogP contribution >= 0.6 is 0 Å². The second-order valence-electron chi connectivity index (χ2n) is 14.3. The molecule has 6 rings (SSSR count). The Hall–Kier alpha value is -4.41. The lowest BCUT2D eigenvalue weighted by Crippen LogP contribution is -2.49. The number of carbonyl (C=O) groups excluding carboxylic acids is 2. The van der Waals surface area contributed by atoms with Crippen molar-refractivity contribution < 1.29 is 29.0 Å². The quantitative estimate of drug-likeness (QED) is 0.372. The second kappa shape index (κ2) is 12.3. The highest BCUT2D eigenvalue weighted by Gasteiger charge is 2.61. The van der Waals surface area contributed by atoms with Gasteiger partial charge in [0, 0.05) is 48.1 Å². The Morgan fingerprint density at radius 1 is 1.11 bits per heavy atom. The van der Waals surface area contributed by atoms with Crippen molar-refractivity contribution in [2.75, 3.05) is 20.7 Å². The van der Waals surface area contributed by atoms with Crippen molar-refractivity contribution in [3.05, 3.63) is 53.9 Å². The molecule has 11 nitrogen and oxygen atoms in total. The number of benzene rings is 1. The molecule has 3 heterocycles. The zero-order valence-corrected chi connectivity index (χ0v) is 28.1. The van der Waals surface area contributed by atoms with Gasteiger partial charge in [0.1, 0.15) is 23.1 Å². The minimum absolute atomic E-state index is 0.118. The van der Waals surface area contributed by atoms with Crippen LogP contribution in [0.25, 0.3) is 16.7 Å². The van der Waals surface area contributed by atoms with Gasteiger partial charge in [-0.15, -0.1) is 0 Å². The smallest absolute Gasteiger partial charge is 0.330 e. The van der Waals surface area contributed by atoms with Crippen molar-refractivity contribution in [2.45, 2.75) is 83.3 Å². The molecule has 5 atom stereocenters. The molecule has 0 bridgehead atoms. The number of amides is 2. The van der Waals surface area contributed by atoms with E-state index in [9.17, 15) is 19.5 Å². The third kappa shape index (κ3) is 6.19. The summed E-state index contributed by atoms with van der Waals surface area (Å²) in [4.78, 5) is 46.7. The first-order valence-corrected chi connectivity index (χ1v) is 16.5. The van der Waals surface area contributed by atoms with Crippen molar-refractivity contribution >= 4 is 28.7 Å². The molecular formula is C36H45N5O6. The van der Waals surface area contributed by atoms with E-state index < -0.39 is 35.4 Å². The minimum Gasteiger partial charge on any atom is -0.496 e. The third-order valence-corrected chi connectivity index (χ3v) is 10.0. The molecule has 0 radical (unpaired) electrons. The highest BCUT2D eigenvalue weighted by Crippen LogP contribution is 2.47. The number of nitrogens with one attached hydrogen (secondary N) is 1. The normalized spacial score (nSPS) is 26.7. The number of hydrogen-bond acceptors (Lipinski definition) is 7. The second-order valence-corrected chi connectivity index (χ2v) is 14.3.